The van der Waals surface area contributed by atoms with Crippen LogP contribution in [0.4, 0.5) is 0 Å². The summed E-state index contributed by atoms with van der Waals surface area (Å²) < 4.78 is 7.40. The van der Waals surface area contributed by atoms with Crippen molar-refractivity contribution in [3.05, 3.63) is 12.2 Å². The van der Waals surface area contributed by atoms with E-state index < -0.39 is 6.10 Å². The summed E-state index contributed by atoms with van der Waals surface area (Å²) in [7, 11) is 1.69. The van der Waals surface area contributed by atoms with Crippen molar-refractivity contribution in [2.75, 3.05) is 7.11 Å². The van der Waals surface area contributed by atoms with Crippen LogP contribution < -0.4 is 0 Å². The van der Waals surface area contributed by atoms with Gasteiger partial charge in [-0.25, -0.2) is 4.98 Å². The van der Waals surface area contributed by atoms with E-state index in [1.165, 1.54) is 0 Å². The standard InChI is InChI=1S/C12H21N3O2/c1-3-15-11(13-9-14-15)8-10(16)12(17-2)6-4-5-7-12/h9-10,16H,3-8H2,1-2H3. The number of methoxy groups -OCH3 is 1. The van der Waals surface area contributed by atoms with Crippen molar-refractivity contribution in [1.29, 1.82) is 0 Å². The molecule has 17 heavy (non-hydrogen) atoms. The van der Waals surface area contributed by atoms with Crippen molar-refractivity contribution < 1.29 is 9.84 Å². The molecule has 5 heteroatoms. The molecule has 1 saturated carbocycles. The molecule has 0 bridgehead atoms. The van der Waals surface area contributed by atoms with Crippen molar-refractivity contribution in [3.63, 3.8) is 0 Å². The van der Waals surface area contributed by atoms with Gasteiger partial charge >= 0.3 is 0 Å². The van der Waals surface area contributed by atoms with E-state index in [0.29, 0.717) is 6.42 Å². The van der Waals surface area contributed by atoms with E-state index in [0.717, 1.165) is 38.1 Å². The molecule has 1 atom stereocenters. The van der Waals surface area contributed by atoms with Crippen LogP contribution in [-0.2, 0) is 17.7 Å². The van der Waals surface area contributed by atoms with Gasteiger partial charge in [0.15, 0.2) is 0 Å². The first kappa shape index (κ1) is 12.5. The van der Waals surface area contributed by atoms with E-state index in [2.05, 4.69) is 10.1 Å². The highest BCUT2D eigenvalue weighted by Gasteiger charge is 2.41. The van der Waals surface area contributed by atoms with Crippen molar-refractivity contribution in [1.82, 2.24) is 14.8 Å². The van der Waals surface area contributed by atoms with Gasteiger partial charge in [0.25, 0.3) is 0 Å². The minimum Gasteiger partial charge on any atom is -0.390 e. The van der Waals surface area contributed by atoms with Gasteiger partial charge in [0, 0.05) is 20.1 Å². The summed E-state index contributed by atoms with van der Waals surface area (Å²) in [5, 5.41) is 14.5. The van der Waals surface area contributed by atoms with Crippen LogP contribution in [0, 0.1) is 0 Å². The van der Waals surface area contributed by atoms with E-state index >= 15 is 0 Å². The normalized spacial score (nSPS) is 20.6. The number of ether oxygens (including phenoxy) is 1. The number of nitrogens with zero attached hydrogens (tertiary/aromatic N) is 3. The Labute approximate surface area is 102 Å². The zero-order valence-electron chi connectivity index (χ0n) is 10.6. The third kappa shape index (κ3) is 2.35. The van der Waals surface area contributed by atoms with Crippen LogP contribution in [0.2, 0.25) is 0 Å². The van der Waals surface area contributed by atoms with Gasteiger partial charge in [0.1, 0.15) is 12.2 Å². The lowest BCUT2D eigenvalue weighted by atomic mass is 9.92. The third-order valence-corrected chi connectivity index (χ3v) is 3.83. The number of aromatic nitrogens is 3. The molecule has 0 saturated heterocycles. The Hall–Kier alpha value is -0.940. The van der Waals surface area contributed by atoms with Crippen molar-refractivity contribution in [3.8, 4) is 0 Å². The summed E-state index contributed by atoms with van der Waals surface area (Å²) >= 11 is 0. The molecule has 0 aromatic carbocycles. The Bertz CT molecular complexity index is 358. The molecule has 2 rings (SSSR count). The highest BCUT2D eigenvalue weighted by Crippen LogP contribution is 2.36. The van der Waals surface area contributed by atoms with Crippen LogP contribution >= 0.6 is 0 Å². The van der Waals surface area contributed by atoms with E-state index in [-0.39, 0.29) is 5.60 Å². The lowest BCUT2D eigenvalue weighted by Crippen LogP contribution is -2.43. The molecule has 1 heterocycles. The molecule has 1 aliphatic carbocycles. The number of rotatable bonds is 5. The molecule has 1 aliphatic rings. The molecule has 96 valence electrons. The van der Waals surface area contributed by atoms with Gasteiger partial charge in [-0.3, -0.25) is 4.68 Å². The highest BCUT2D eigenvalue weighted by molar-refractivity contribution is 4.98. The second-order valence-electron chi connectivity index (χ2n) is 4.69. The average Bonchev–Trinajstić information content (AvgIpc) is 2.97. The van der Waals surface area contributed by atoms with Crippen molar-refractivity contribution in [2.45, 2.75) is 57.3 Å². The minimum absolute atomic E-state index is 0.371. The maximum Gasteiger partial charge on any atom is 0.138 e. The molecular formula is C12H21N3O2. The lowest BCUT2D eigenvalue weighted by molar-refractivity contribution is -0.0979. The summed E-state index contributed by atoms with van der Waals surface area (Å²) in [6.45, 7) is 2.80. The SMILES string of the molecule is CCn1ncnc1CC(O)C1(OC)CCCC1. The van der Waals surface area contributed by atoms with Crippen LogP contribution in [0.25, 0.3) is 0 Å². The van der Waals surface area contributed by atoms with Crippen LogP contribution in [0.3, 0.4) is 0 Å². The lowest BCUT2D eigenvalue weighted by Gasteiger charge is -2.32. The summed E-state index contributed by atoms with van der Waals surface area (Å²) in [4.78, 5) is 4.20. The molecule has 0 amide bonds. The molecule has 0 aliphatic heterocycles. The van der Waals surface area contributed by atoms with Crippen LogP contribution in [0.1, 0.15) is 38.4 Å². The second kappa shape index (κ2) is 5.14. The van der Waals surface area contributed by atoms with E-state index in [4.69, 9.17) is 4.74 Å². The molecule has 1 N–H and O–H groups in total. The largest absolute Gasteiger partial charge is 0.390 e. The number of hydrogen-bond donors (Lipinski definition) is 1. The predicted molar refractivity (Wildman–Crippen MR) is 63.6 cm³/mol. The van der Waals surface area contributed by atoms with Gasteiger partial charge in [0.2, 0.25) is 0 Å². The van der Waals surface area contributed by atoms with Gasteiger partial charge in [-0.1, -0.05) is 12.8 Å². The summed E-state index contributed by atoms with van der Waals surface area (Å²) in [6.07, 6.45) is 5.69. The quantitative estimate of drug-likeness (QED) is 0.837. The fraction of sp³-hybridized carbons (Fsp3) is 0.833. The number of hydrogen-bond acceptors (Lipinski definition) is 4. The molecular weight excluding hydrogens is 218 g/mol. The average molecular weight is 239 g/mol. The molecule has 1 aromatic rings. The molecule has 1 aromatic heterocycles. The minimum atomic E-state index is -0.496. The second-order valence-corrected chi connectivity index (χ2v) is 4.69. The van der Waals surface area contributed by atoms with E-state index in [1.807, 2.05) is 11.6 Å². The fourth-order valence-corrected chi connectivity index (χ4v) is 2.72. The first-order valence-electron chi connectivity index (χ1n) is 6.32. The van der Waals surface area contributed by atoms with Crippen LogP contribution in [0.5, 0.6) is 0 Å². The molecule has 0 radical (unpaired) electrons. The zero-order valence-corrected chi connectivity index (χ0v) is 10.6. The maximum atomic E-state index is 10.4. The van der Waals surface area contributed by atoms with Gasteiger partial charge in [-0.05, 0) is 19.8 Å². The molecule has 1 unspecified atom stereocenters. The Morgan fingerprint density at radius 3 is 2.82 bits per heavy atom. The monoisotopic (exact) mass is 239 g/mol. The molecule has 0 spiro atoms. The number of aliphatic hydroxyl groups is 1. The Kier molecular flexibility index (Phi) is 3.79. The van der Waals surface area contributed by atoms with Crippen LogP contribution in [0.15, 0.2) is 6.33 Å². The van der Waals surface area contributed by atoms with E-state index in [1.54, 1.807) is 13.4 Å². The van der Waals surface area contributed by atoms with Gasteiger partial charge in [0.05, 0.1) is 11.7 Å². The maximum absolute atomic E-state index is 10.4. The van der Waals surface area contributed by atoms with Gasteiger partial charge in [-0.2, -0.15) is 5.10 Å². The Balaban J connectivity index is 2.07. The summed E-state index contributed by atoms with van der Waals surface area (Å²) in [5.74, 6) is 0.836. The van der Waals surface area contributed by atoms with E-state index in [9.17, 15) is 5.11 Å². The summed E-state index contributed by atoms with van der Waals surface area (Å²) in [5.41, 5.74) is -0.371. The first-order valence-corrected chi connectivity index (χ1v) is 6.32. The fourth-order valence-electron chi connectivity index (χ4n) is 2.72. The van der Waals surface area contributed by atoms with Crippen molar-refractivity contribution in [2.24, 2.45) is 0 Å². The van der Waals surface area contributed by atoms with Crippen LogP contribution in [-0.4, -0.2) is 38.7 Å². The number of aliphatic hydroxyl groups excluding tert-OH is 1. The first-order chi connectivity index (χ1) is 8.22. The zero-order chi connectivity index (χ0) is 12.3. The Morgan fingerprint density at radius 1 is 1.53 bits per heavy atom. The Morgan fingerprint density at radius 2 is 2.24 bits per heavy atom. The topological polar surface area (TPSA) is 60.2 Å². The molecule has 1 fully saturated rings. The summed E-state index contributed by atoms with van der Waals surface area (Å²) in [6, 6.07) is 0. The van der Waals surface area contributed by atoms with Gasteiger partial charge in [-0.15, -0.1) is 0 Å². The smallest absolute Gasteiger partial charge is 0.138 e. The third-order valence-electron chi connectivity index (χ3n) is 3.83. The molecule has 5 nitrogen and oxygen atoms in total. The highest BCUT2D eigenvalue weighted by atomic mass is 16.5. The predicted octanol–water partition coefficient (Wildman–Crippen LogP) is 1.16. The van der Waals surface area contributed by atoms with Crippen molar-refractivity contribution >= 4 is 0 Å². The van der Waals surface area contributed by atoms with Gasteiger partial charge < -0.3 is 9.84 Å². The number of aryl methyl sites for hydroxylation is 1.